The summed E-state index contributed by atoms with van der Waals surface area (Å²) in [5.41, 5.74) is 5.33. The summed E-state index contributed by atoms with van der Waals surface area (Å²) in [6, 6.07) is 4.03. The third-order valence-corrected chi connectivity index (χ3v) is 5.37. The summed E-state index contributed by atoms with van der Waals surface area (Å²) in [6.07, 6.45) is 15.3. The number of anilines is 1. The van der Waals surface area contributed by atoms with Crippen LogP contribution in [0.1, 0.15) is 53.9 Å². The number of rotatable bonds is 6. The Hall–Kier alpha value is -3.01. The lowest BCUT2D eigenvalue weighted by molar-refractivity contribution is -0.112. The predicted molar refractivity (Wildman–Crippen MR) is 125 cm³/mol. The van der Waals surface area contributed by atoms with Gasteiger partial charge in [-0.25, -0.2) is 0 Å². The first kappa shape index (κ1) is 23.3. The number of carbonyl (C=O) groups excluding carboxylic acids is 1. The highest BCUT2D eigenvalue weighted by molar-refractivity contribution is 6.00. The normalized spacial score (nSPS) is 17.8. The topological polar surface area (TPSA) is 69.6 Å². The van der Waals surface area contributed by atoms with E-state index in [-0.39, 0.29) is 28.5 Å². The van der Waals surface area contributed by atoms with Crippen LogP contribution in [-0.4, -0.2) is 16.1 Å². The number of allylic oxidation sites excluding steroid dienone is 9. The molecule has 0 heterocycles. The lowest BCUT2D eigenvalue weighted by Crippen LogP contribution is -2.19. The summed E-state index contributed by atoms with van der Waals surface area (Å²) >= 11 is 0. The van der Waals surface area contributed by atoms with Crippen molar-refractivity contribution in [1.82, 2.24) is 0 Å². The van der Waals surface area contributed by atoms with Crippen LogP contribution in [0.25, 0.3) is 0 Å². The maximum atomic E-state index is 12.1. The molecule has 0 saturated carbocycles. The van der Waals surface area contributed by atoms with Crippen molar-refractivity contribution in [3.8, 4) is 11.5 Å². The fourth-order valence-electron chi connectivity index (χ4n) is 3.68. The Morgan fingerprint density at radius 1 is 1.13 bits per heavy atom. The quantitative estimate of drug-likeness (QED) is 0.216. The average Bonchev–Trinajstić information content (AvgIpc) is 2.63. The molecule has 1 aliphatic rings. The Bertz CT molecular complexity index is 943. The predicted octanol–water partition coefficient (Wildman–Crippen LogP) is 6.57. The van der Waals surface area contributed by atoms with Gasteiger partial charge in [0, 0.05) is 12.1 Å². The molecule has 0 bridgehead atoms. The van der Waals surface area contributed by atoms with E-state index in [1.165, 1.54) is 54.7 Å². The molecule has 0 saturated heterocycles. The molecule has 1 aromatic rings. The van der Waals surface area contributed by atoms with E-state index in [4.69, 9.17) is 0 Å². The third kappa shape index (κ3) is 6.80. The molecule has 30 heavy (non-hydrogen) atoms. The van der Waals surface area contributed by atoms with Gasteiger partial charge in [-0.15, -0.1) is 0 Å². The zero-order valence-electron chi connectivity index (χ0n) is 18.6. The van der Waals surface area contributed by atoms with Crippen molar-refractivity contribution >= 4 is 11.6 Å². The summed E-state index contributed by atoms with van der Waals surface area (Å²) in [5.74, 6) is -0.586. The van der Waals surface area contributed by atoms with E-state index in [9.17, 15) is 15.0 Å². The first-order valence-electron chi connectivity index (χ1n) is 10.3. The molecule has 1 aromatic carbocycles. The maximum absolute atomic E-state index is 12.1. The van der Waals surface area contributed by atoms with Crippen LogP contribution in [0, 0.1) is 5.41 Å². The van der Waals surface area contributed by atoms with Gasteiger partial charge in [0.1, 0.15) is 11.5 Å². The summed E-state index contributed by atoms with van der Waals surface area (Å²) < 4.78 is 0. The maximum Gasteiger partial charge on any atom is 0.248 e. The van der Waals surface area contributed by atoms with Crippen LogP contribution >= 0.6 is 0 Å². The number of phenols is 2. The minimum atomic E-state index is -0.347. The Labute approximate surface area is 180 Å². The molecule has 1 amide bonds. The van der Waals surface area contributed by atoms with Crippen molar-refractivity contribution in [2.45, 2.75) is 53.9 Å². The zero-order valence-corrected chi connectivity index (χ0v) is 18.6. The van der Waals surface area contributed by atoms with Gasteiger partial charge < -0.3 is 15.5 Å². The van der Waals surface area contributed by atoms with Crippen molar-refractivity contribution in [1.29, 1.82) is 0 Å². The Balaban J connectivity index is 1.98. The zero-order chi connectivity index (χ0) is 22.3. The van der Waals surface area contributed by atoms with E-state index in [0.717, 1.165) is 11.1 Å². The van der Waals surface area contributed by atoms with Crippen LogP contribution in [0.15, 0.2) is 76.9 Å². The Morgan fingerprint density at radius 2 is 1.87 bits per heavy atom. The number of benzene rings is 1. The van der Waals surface area contributed by atoms with Gasteiger partial charge in [0.05, 0.1) is 5.69 Å². The number of nitrogens with one attached hydrogen (secondary N) is 1. The minimum absolute atomic E-state index is 0.0603. The van der Waals surface area contributed by atoms with E-state index in [1.807, 2.05) is 25.2 Å². The lowest BCUT2D eigenvalue weighted by Gasteiger charge is -2.32. The number of aromatic hydroxyl groups is 2. The molecular formula is C26H33NO3. The van der Waals surface area contributed by atoms with E-state index in [1.54, 1.807) is 0 Å². The molecule has 4 heteroatoms. The first-order chi connectivity index (χ1) is 14.1. The molecule has 0 radical (unpaired) electrons. The molecule has 0 aromatic heterocycles. The van der Waals surface area contributed by atoms with Gasteiger partial charge in [-0.1, -0.05) is 55.4 Å². The SMILES string of the molecule is CC1=C(/C=C/C(C)=C/C=C/C(C)=C/C(=O)Nc2ccc(O)cc2O)C(C)(C)CCC1. The van der Waals surface area contributed by atoms with Gasteiger partial charge in [-0.05, 0) is 68.7 Å². The number of phenolic OH excluding ortho intramolecular Hbond substituents is 2. The van der Waals surface area contributed by atoms with E-state index in [2.05, 4.69) is 45.2 Å². The standard InChI is InChI=1S/C26H33NO3/c1-18(11-13-22-20(3)10-7-15-26(22,4)5)8-6-9-19(2)16-25(30)27-23-14-12-21(28)17-24(23)29/h6,8-9,11-14,16-17,28-29H,7,10,15H2,1-5H3,(H,27,30)/b9-6+,13-11+,18-8+,19-16+. The number of amides is 1. The highest BCUT2D eigenvalue weighted by Crippen LogP contribution is 2.40. The summed E-state index contributed by atoms with van der Waals surface area (Å²) in [7, 11) is 0. The van der Waals surface area contributed by atoms with Gasteiger partial charge in [0.2, 0.25) is 5.91 Å². The van der Waals surface area contributed by atoms with Crippen LogP contribution < -0.4 is 5.32 Å². The molecule has 160 valence electrons. The van der Waals surface area contributed by atoms with Crippen molar-refractivity contribution in [3.05, 3.63) is 76.9 Å². The fourth-order valence-corrected chi connectivity index (χ4v) is 3.68. The molecule has 0 fully saturated rings. The van der Waals surface area contributed by atoms with Crippen LogP contribution in [0.5, 0.6) is 11.5 Å². The molecule has 0 atom stereocenters. The van der Waals surface area contributed by atoms with Gasteiger partial charge >= 0.3 is 0 Å². The highest BCUT2D eigenvalue weighted by Gasteiger charge is 2.26. The fraction of sp³-hybridized carbons (Fsp3) is 0.346. The summed E-state index contributed by atoms with van der Waals surface area (Å²) in [6.45, 7) is 10.8. The number of carbonyl (C=O) groups is 1. The molecule has 3 N–H and O–H groups in total. The second-order valence-corrected chi connectivity index (χ2v) is 8.61. The van der Waals surface area contributed by atoms with E-state index < -0.39 is 0 Å². The second kappa shape index (κ2) is 10.1. The third-order valence-electron chi connectivity index (χ3n) is 5.37. The van der Waals surface area contributed by atoms with Gasteiger partial charge in [0.25, 0.3) is 0 Å². The van der Waals surface area contributed by atoms with Crippen molar-refractivity contribution < 1.29 is 15.0 Å². The molecule has 0 spiro atoms. The molecule has 0 aliphatic heterocycles. The smallest absolute Gasteiger partial charge is 0.248 e. The van der Waals surface area contributed by atoms with Crippen LogP contribution in [-0.2, 0) is 4.79 Å². The second-order valence-electron chi connectivity index (χ2n) is 8.61. The molecular weight excluding hydrogens is 374 g/mol. The Kier molecular flexibility index (Phi) is 7.87. The van der Waals surface area contributed by atoms with Gasteiger partial charge in [-0.2, -0.15) is 0 Å². The van der Waals surface area contributed by atoms with Crippen LogP contribution in [0.2, 0.25) is 0 Å². The summed E-state index contributed by atoms with van der Waals surface area (Å²) in [5, 5.41) is 21.6. The Morgan fingerprint density at radius 3 is 2.53 bits per heavy atom. The van der Waals surface area contributed by atoms with Gasteiger partial charge in [-0.3, -0.25) is 4.79 Å². The molecule has 4 nitrogen and oxygen atoms in total. The summed E-state index contributed by atoms with van der Waals surface area (Å²) in [4.78, 5) is 12.1. The largest absolute Gasteiger partial charge is 0.508 e. The van der Waals surface area contributed by atoms with Crippen molar-refractivity contribution in [3.63, 3.8) is 0 Å². The molecule has 0 unspecified atom stereocenters. The van der Waals surface area contributed by atoms with Crippen LogP contribution in [0.4, 0.5) is 5.69 Å². The molecule has 1 aliphatic carbocycles. The average molecular weight is 408 g/mol. The van der Waals surface area contributed by atoms with Gasteiger partial charge in [0.15, 0.2) is 0 Å². The highest BCUT2D eigenvalue weighted by atomic mass is 16.3. The molecule has 2 rings (SSSR count). The lowest BCUT2D eigenvalue weighted by atomic mass is 9.72. The first-order valence-corrected chi connectivity index (χ1v) is 10.3. The monoisotopic (exact) mass is 407 g/mol. The van der Waals surface area contributed by atoms with Crippen LogP contribution in [0.3, 0.4) is 0 Å². The minimum Gasteiger partial charge on any atom is -0.508 e. The van der Waals surface area contributed by atoms with E-state index in [0.29, 0.717) is 0 Å². The number of hydrogen-bond donors (Lipinski definition) is 3. The number of hydrogen-bond acceptors (Lipinski definition) is 3. The van der Waals surface area contributed by atoms with Crippen molar-refractivity contribution in [2.24, 2.45) is 5.41 Å². The van der Waals surface area contributed by atoms with E-state index >= 15 is 0 Å². The van der Waals surface area contributed by atoms with Crippen molar-refractivity contribution in [2.75, 3.05) is 5.32 Å².